The van der Waals surface area contributed by atoms with Gasteiger partial charge in [-0.25, -0.2) is 8.42 Å². The standard InChI is InChI=1S/C16H11N3O6S.Na/c20-14-7-5-10-3-1-2-4-12(10)16(14)18-17-11-6-8-15(26(23,24)25)13(9-11)19(21)22;/h1-9,20H,(H,23,24,25);/q;+1/p-1. The fourth-order valence-corrected chi connectivity index (χ4v) is 3.00. The quantitative estimate of drug-likeness (QED) is 0.227. The Bertz CT molecular complexity index is 1160. The Labute approximate surface area is 175 Å². The molecule has 11 heteroatoms. The number of rotatable bonds is 4. The molecule has 27 heavy (non-hydrogen) atoms. The van der Waals surface area contributed by atoms with Crippen molar-refractivity contribution in [3.8, 4) is 5.75 Å². The molecule has 0 heterocycles. The first-order valence-electron chi connectivity index (χ1n) is 7.14. The fraction of sp³-hybridized carbons (Fsp3) is 0. The number of phenolic OH excluding ortho intramolecular Hbond substituents is 1. The van der Waals surface area contributed by atoms with Crippen molar-refractivity contribution in [3.63, 3.8) is 0 Å². The molecule has 0 spiro atoms. The first-order chi connectivity index (χ1) is 12.3. The maximum Gasteiger partial charge on any atom is 1.00 e. The summed E-state index contributed by atoms with van der Waals surface area (Å²) in [6, 6.07) is 13.0. The van der Waals surface area contributed by atoms with Gasteiger partial charge in [-0.1, -0.05) is 30.3 Å². The first kappa shape index (κ1) is 20.9. The summed E-state index contributed by atoms with van der Waals surface area (Å²) in [6.45, 7) is 0. The topological polar surface area (TPSA) is 145 Å². The molecule has 0 amide bonds. The zero-order valence-electron chi connectivity index (χ0n) is 13.9. The van der Waals surface area contributed by atoms with Crippen molar-refractivity contribution in [1.82, 2.24) is 0 Å². The molecule has 9 nitrogen and oxygen atoms in total. The van der Waals surface area contributed by atoms with Crippen molar-refractivity contribution >= 4 is 38.0 Å². The molecule has 0 fully saturated rings. The van der Waals surface area contributed by atoms with Gasteiger partial charge in [-0.3, -0.25) is 10.1 Å². The Morgan fingerprint density at radius 1 is 1.00 bits per heavy atom. The maximum atomic E-state index is 11.1. The molecule has 0 saturated heterocycles. The van der Waals surface area contributed by atoms with Gasteiger partial charge >= 0.3 is 29.6 Å². The molecule has 0 atom stereocenters. The smallest absolute Gasteiger partial charge is 0.744 e. The average Bonchev–Trinajstić information content (AvgIpc) is 2.59. The second-order valence-electron chi connectivity index (χ2n) is 5.22. The van der Waals surface area contributed by atoms with Crippen molar-refractivity contribution in [2.75, 3.05) is 0 Å². The number of hydrogen-bond acceptors (Lipinski definition) is 8. The third-order valence-electron chi connectivity index (χ3n) is 3.55. The van der Waals surface area contributed by atoms with Crippen molar-refractivity contribution in [2.45, 2.75) is 4.90 Å². The summed E-state index contributed by atoms with van der Waals surface area (Å²) in [5, 5.41) is 30.2. The van der Waals surface area contributed by atoms with E-state index in [0.29, 0.717) is 5.39 Å². The summed E-state index contributed by atoms with van der Waals surface area (Å²) >= 11 is 0. The van der Waals surface area contributed by atoms with E-state index in [1.54, 1.807) is 18.2 Å². The molecule has 1 N–H and O–H groups in total. The van der Waals surface area contributed by atoms with Gasteiger partial charge < -0.3 is 9.66 Å². The first-order valence-corrected chi connectivity index (χ1v) is 8.55. The normalized spacial score (nSPS) is 11.4. The third kappa shape index (κ3) is 4.49. The molecule has 3 rings (SSSR count). The number of phenols is 1. The molecular weight excluding hydrogens is 385 g/mol. The van der Waals surface area contributed by atoms with Crippen LogP contribution in [-0.4, -0.2) is 23.0 Å². The van der Waals surface area contributed by atoms with Crippen molar-refractivity contribution in [3.05, 3.63) is 64.7 Å². The predicted octanol–water partition coefficient (Wildman–Crippen LogP) is 0.777. The number of nitrogens with zero attached hydrogens (tertiary/aromatic N) is 3. The largest absolute Gasteiger partial charge is 1.00 e. The van der Waals surface area contributed by atoms with Gasteiger partial charge in [0.1, 0.15) is 26.5 Å². The van der Waals surface area contributed by atoms with Gasteiger partial charge in [0.25, 0.3) is 5.69 Å². The SMILES string of the molecule is O=[N+]([O-])c1cc(N=Nc2c(O)ccc3ccccc23)ccc1S(=O)(=O)[O-].[Na+]. The molecular formula is C16H10N3NaO6S. The van der Waals surface area contributed by atoms with Gasteiger partial charge in [-0.2, -0.15) is 5.11 Å². The second-order valence-corrected chi connectivity index (χ2v) is 6.57. The number of fused-ring (bicyclic) bond motifs is 1. The molecule has 0 unspecified atom stereocenters. The Balaban J connectivity index is 0.00000261. The summed E-state index contributed by atoms with van der Waals surface area (Å²) < 4.78 is 33.3. The van der Waals surface area contributed by atoms with Crippen LogP contribution in [0.15, 0.2) is 69.7 Å². The van der Waals surface area contributed by atoms with E-state index in [1.807, 2.05) is 12.1 Å². The van der Waals surface area contributed by atoms with E-state index >= 15 is 0 Å². The van der Waals surface area contributed by atoms with E-state index in [4.69, 9.17) is 0 Å². The van der Waals surface area contributed by atoms with Crippen LogP contribution in [0, 0.1) is 10.1 Å². The van der Waals surface area contributed by atoms with E-state index in [-0.39, 0.29) is 46.7 Å². The van der Waals surface area contributed by atoms with E-state index in [2.05, 4.69) is 10.2 Å². The molecule has 0 aromatic heterocycles. The van der Waals surface area contributed by atoms with Crippen molar-refractivity contribution in [2.24, 2.45) is 10.2 Å². The van der Waals surface area contributed by atoms with Gasteiger partial charge in [0, 0.05) is 11.5 Å². The van der Waals surface area contributed by atoms with E-state index in [1.165, 1.54) is 6.07 Å². The fourth-order valence-electron chi connectivity index (χ4n) is 2.38. The average molecular weight is 395 g/mol. The summed E-state index contributed by atoms with van der Waals surface area (Å²) in [7, 11) is -5.00. The maximum absolute atomic E-state index is 11.1. The molecule has 3 aromatic rings. The Morgan fingerprint density at radius 2 is 1.70 bits per heavy atom. The summed E-state index contributed by atoms with van der Waals surface area (Å²) in [4.78, 5) is 9.08. The van der Waals surface area contributed by atoms with Crippen LogP contribution in [0.5, 0.6) is 5.75 Å². The van der Waals surface area contributed by atoms with Gasteiger partial charge in [-0.15, -0.1) is 5.11 Å². The zero-order valence-corrected chi connectivity index (χ0v) is 16.8. The predicted molar refractivity (Wildman–Crippen MR) is 90.8 cm³/mol. The summed E-state index contributed by atoms with van der Waals surface area (Å²) in [5.74, 6) is -0.138. The van der Waals surface area contributed by atoms with Crippen LogP contribution >= 0.6 is 0 Å². The summed E-state index contributed by atoms with van der Waals surface area (Å²) in [5.41, 5.74) is -0.777. The number of azo groups is 1. The van der Waals surface area contributed by atoms with E-state index in [0.717, 1.165) is 23.6 Å². The van der Waals surface area contributed by atoms with Crippen LogP contribution in [0.3, 0.4) is 0 Å². The van der Waals surface area contributed by atoms with Crippen LogP contribution in [0.1, 0.15) is 0 Å². The molecule has 0 aliphatic rings. The van der Waals surface area contributed by atoms with Crippen LogP contribution in [0.2, 0.25) is 0 Å². The van der Waals surface area contributed by atoms with Crippen molar-refractivity contribution in [1.29, 1.82) is 0 Å². The zero-order chi connectivity index (χ0) is 18.9. The van der Waals surface area contributed by atoms with Crippen LogP contribution in [0.4, 0.5) is 17.1 Å². The van der Waals surface area contributed by atoms with E-state index in [9.17, 15) is 28.2 Å². The Morgan fingerprint density at radius 3 is 2.37 bits per heavy atom. The third-order valence-corrected chi connectivity index (χ3v) is 4.44. The van der Waals surface area contributed by atoms with Crippen LogP contribution < -0.4 is 29.6 Å². The molecule has 132 valence electrons. The van der Waals surface area contributed by atoms with Gasteiger partial charge in [0.15, 0.2) is 0 Å². The number of hydrogen-bond donors (Lipinski definition) is 1. The molecule has 0 aliphatic heterocycles. The minimum atomic E-state index is -5.00. The second kappa shape index (κ2) is 8.11. The summed E-state index contributed by atoms with van der Waals surface area (Å²) in [6.07, 6.45) is 0. The van der Waals surface area contributed by atoms with Gasteiger partial charge in [0.2, 0.25) is 0 Å². The van der Waals surface area contributed by atoms with E-state index < -0.39 is 25.6 Å². The number of nitro groups is 1. The van der Waals surface area contributed by atoms with Crippen LogP contribution in [0.25, 0.3) is 10.8 Å². The molecule has 0 saturated carbocycles. The minimum absolute atomic E-state index is 0. The molecule has 3 aromatic carbocycles. The Hall–Kier alpha value is -2.37. The van der Waals surface area contributed by atoms with Crippen LogP contribution in [-0.2, 0) is 10.1 Å². The Kier molecular flexibility index (Phi) is 6.29. The molecule has 0 bridgehead atoms. The minimum Gasteiger partial charge on any atom is -0.744 e. The molecule has 0 aliphatic carbocycles. The van der Waals surface area contributed by atoms with Crippen molar-refractivity contribution < 1.29 is 52.6 Å². The number of aromatic hydroxyl groups is 1. The van der Waals surface area contributed by atoms with Gasteiger partial charge in [0.05, 0.1) is 10.6 Å². The number of nitro benzene ring substituents is 1. The monoisotopic (exact) mass is 395 g/mol. The van der Waals surface area contributed by atoms with Gasteiger partial charge in [-0.05, 0) is 23.6 Å². The number of benzene rings is 3. The molecule has 0 radical (unpaired) electrons.